The van der Waals surface area contributed by atoms with E-state index in [9.17, 15) is 19.2 Å². The maximum Gasteiger partial charge on any atom is 0.325 e. The van der Waals surface area contributed by atoms with Gasteiger partial charge in [0.15, 0.2) is 18.1 Å². The van der Waals surface area contributed by atoms with Gasteiger partial charge >= 0.3 is 5.97 Å². The van der Waals surface area contributed by atoms with Crippen LogP contribution in [0.2, 0.25) is 0 Å². The van der Waals surface area contributed by atoms with E-state index in [1.807, 2.05) is 32.0 Å². The molecule has 0 aliphatic carbocycles. The molecule has 3 amide bonds. The van der Waals surface area contributed by atoms with Crippen LogP contribution in [-0.2, 0) is 19.1 Å². The van der Waals surface area contributed by atoms with Gasteiger partial charge in [-0.3, -0.25) is 24.1 Å². The van der Waals surface area contributed by atoms with Crippen molar-refractivity contribution in [3.05, 3.63) is 56.0 Å². The maximum absolute atomic E-state index is 12.6. The lowest BCUT2D eigenvalue weighted by Crippen LogP contribution is -2.34. The van der Waals surface area contributed by atoms with Gasteiger partial charge in [0.2, 0.25) is 0 Å². The zero-order chi connectivity index (χ0) is 25.5. The number of benzene rings is 2. The molecule has 9 nitrogen and oxygen atoms in total. The van der Waals surface area contributed by atoms with Crippen LogP contribution in [0.4, 0.5) is 10.5 Å². The number of nitrogens with zero attached hydrogens (tertiary/aromatic N) is 1. The fourth-order valence-electron chi connectivity index (χ4n) is 3.11. The van der Waals surface area contributed by atoms with E-state index in [-0.39, 0.29) is 17.4 Å². The van der Waals surface area contributed by atoms with Crippen molar-refractivity contribution >= 4 is 69.1 Å². The van der Waals surface area contributed by atoms with Gasteiger partial charge in [-0.05, 0) is 89.7 Å². The van der Waals surface area contributed by atoms with Crippen LogP contribution in [-0.4, -0.2) is 54.8 Å². The summed E-state index contributed by atoms with van der Waals surface area (Å²) in [6.07, 6.45) is 1.54. The first-order valence-electron chi connectivity index (χ1n) is 10.5. The van der Waals surface area contributed by atoms with Gasteiger partial charge < -0.3 is 19.5 Å². The Hall–Kier alpha value is -3.06. The van der Waals surface area contributed by atoms with Crippen molar-refractivity contribution in [1.29, 1.82) is 0 Å². The molecule has 0 saturated carbocycles. The summed E-state index contributed by atoms with van der Waals surface area (Å²) in [5, 5.41) is 2.24. The summed E-state index contributed by atoms with van der Waals surface area (Å²) in [4.78, 5) is 49.6. The number of aryl methyl sites for hydroxylation is 1. The van der Waals surface area contributed by atoms with Gasteiger partial charge in [-0.2, -0.15) is 0 Å². The monoisotopic (exact) mass is 610 g/mol. The molecule has 1 saturated heterocycles. The molecular formula is C24H23IN2O7S. The second kappa shape index (κ2) is 12.1. The number of ether oxygens (including phenoxy) is 3. The number of hydrogen-bond donors (Lipinski definition) is 1. The van der Waals surface area contributed by atoms with Gasteiger partial charge in [-0.15, -0.1) is 0 Å². The van der Waals surface area contributed by atoms with E-state index in [4.69, 9.17) is 9.47 Å². The number of imide groups is 1. The van der Waals surface area contributed by atoms with Crippen LogP contribution in [0.25, 0.3) is 6.08 Å². The first-order chi connectivity index (χ1) is 16.7. The molecule has 1 N–H and O–H groups in total. The number of thioether (sulfide) groups is 1. The molecule has 2 aromatic rings. The summed E-state index contributed by atoms with van der Waals surface area (Å²) in [6, 6.07) is 10.8. The number of halogens is 1. The molecule has 1 aliphatic heterocycles. The molecule has 0 bridgehead atoms. The molecular weight excluding hydrogens is 587 g/mol. The van der Waals surface area contributed by atoms with Crippen molar-refractivity contribution in [3.8, 4) is 11.5 Å². The lowest BCUT2D eigenvalue weighted by Gasteiger charge is -2.15. The van der Waals surface area contributed by atoms with E-state index >= 15 is 0 Å². The summed E-state index contributed by atoms with van der Waals surface area (Å²) in [5.74, 6) is -0.802. The average molecular weight is 610 g/mol. The van der Waals surface area contributed by atoms with E-state index in [2.05, 4.69) is 32.6 Å². The van der Waals surface area contributed by atoms with Gasteiger partial charge in [0, 0.05) is 5.69 Å². The Balaban J connectivity index is 1.76. The molecule has 184 valence electrons. The van der Waals surface area contributed by atoms with Gasteiger partial charge in [-0.1, -0.05) is 12.1 Å². The first kappa shape index (κ1) is 26.5. The van der Waals surface area contributed by atoms with Crippen LogP contribution in [0.5, 0.6) is 11.5 Å². The third kappa shape index (κ3) is 6.98. The highest BCUT2D eigenvalue weighted by Crippen LogP contribution is 2.37. The van der Waals surface area contributed by atoms with Crippen molar-refractivity contribution in [2.75, 3.05) is 32.2 Å². The van der Waals surface area contributed by atoms with E-state index in [0.717, 1.165) is 22.2 Å². The normalized spacial score (nSPS) is 14.3. The van der Waals surface area contributed by atoms with Crippen molar-refractivity contribution in [1.82, 2.24) is 4.90 Å². The summed E-state index contributed by atoms with van der Waals surface area (Å²) in [6.45, 7) is 3.42. The molecule has 0 radical (unpaired) electrons. The molecule has 0 spiro atoms. The number of rotatable bonds is 9. The molecule has 2 aromatic carbocycles. The predicted molar refractivity (Wildman–Crippen MR) is 140 cm³/mol. The number of carbonyl (C=O) groups excluding carboxylic acids is 4. The van der Waals surface area contributed by atoms with Crippen molar-refractivity contribution in [2.45, 2.75) is 13.8 Å². The van der Waals surface area contributed by atoms with Crippen LogP contribution < -0.4 is 14.8 Å². The van der Waals surface area contributed by atoms with Crippen LogP contribution in [0, 0.1) is 10.5 Å². The Morgan fingerprint density at radius 2 is 1.94 bits per heavy atom. The average Bonchev–Trinajstić information content (AvgIpc) is 3.05. The number of amides is 3. The minimum Gasteiger partial charge on any atom is -0.490 e. The number of methoxy groups -OCH3 is 1. The number of hydrogen-bond acceptors (Lipinski definition) is 8. The fraction of sp³-hybridized carbons (Fsp3) is 0.250. The fourth-order valence-corrected chi connectivity index (χ4v) is 4.73. The van der Waals surface area contributed by atoms with Crippen LogP contribution in [0.3, 0.4) is 0 Å². The second-order valence-electron chi connectivity index (χ2n) is 7.31. The lowest BCUT2D eigenvalue weighted by molar-refractivity contribution is -0.143. The third-order valence-corrected chi connectivity index (χ3v) is 6.38. The second-order valence-corrected chi connectivity index (χ2v) is 9.47. The summed E-state index contributed by atoms with van der Waals surface area (Å²) < 4.78 is 16.7. The Morgan fingerprint density at radius 1 is 1.17 bits per heavy atom. The van der Waals surface area contributed by atoms with Gasteiger partial charge in [0.05, 0.1) is 22.2 Å². The molecule has 0 atom stereocenters. The van der Waals surface area contributed by atoms with E-state index in [0.29, 0.717) is 32.9 Å². The smallest absolute Gasteiger partial charge is 0.325 e. The Bertz CT molecular complexity index is 1200. The van der Waals surface area contributed by atoms with Gasteiger partial charge in [-0.25, -0.2) is 0 Å². The molecule has 1 aliphatic rings. The minimum atomic E-state index is -0.685. The predicted octanol–water partition coefficient (Wildman–Crippen LogP) is 4.23. The molecule has 3 rings (SSSR count). The first-order valence-corrected chi connectivity index (χ1v) is 12.4. The Morgan fingerprint density at radius 3 is 2.63 bits per heavy atom. The summed E-state index contributed by atoms with van der Waals surface area (Å²) in [5.41, 5.74) is 2.29. The lowest BCUT2D eigenvalue weighted by atomic mass is 10.2. The number of nitrogens with one attached hydrogen (secondary N) is 1. The highest BCUT2D eigenvalue weighted by atomic mass is 127. The highest BCUT2D eigenvalue weighted by molar-refractivity contribution is 14.1. The van der Waals surface area contributed by atoms with Crippen LogP contribution in [0.1, 0.15) is 18.1 Å². The number of carbonyl (C=O) groups is 4. The Kier molecular flexibility index (Phi) is 9.15. The zero-order valence-electron chi connectivity index (χ0n) is 19.3. The molecule has 1 heterocycles. The summed E-state index contributed by atoms with van der Waals surface area (Å²) >= 11 is 2.79. The van der Waals surface area contributed by atoms with E-state index < -0.39 is 23.7 Å². The highest BCUT2D eigenvalue weighted by Gasteiger charge is 2.36. The molecule has 1 fully saturated rings. The van der Waals surface area contributed by atoms with Crippen molar-refractivity contribution < 1.29 is 33.4 Å². The Labute approximate surface area is 220 Å². The van der Waals surface area contributed by atoms with Crippen LogP contribution >= 0.6 is 34.4 Å². The van der Waals surface area contributed by atoms with Crippen molar-refractivity contribution in [2.24, 2.45) is 0 Å². The SMILES string of the molecule is CCOc1cc(/C=C2\SC(=O)N(CC(=O)OC)C2=O)cc(I)c1OCC(=O)Nc1cccc(C)c1. The minimum absolute atomic E-state index is 0.170. The summed E-state index contributed by atoms with van der Waals surface area (Å²) in [7, 11) is 1.18. The number of esters is 1. The number of anilines is 1. The topological polar surface area (TPSA) is 111 Å². The molecule has 11 heteroatoms. The largest absolute Gasteiger partial charge is 0.490 e. The maximum atomic E-state index is 12.6. The molecule has 0 unspecified atom stereocenters. The van der Waals surface area contributed by atoms with Gasteiger partial charge in [0.1, 0.15) is 6.54 Å². The molecule has 35 heavy (non-hydrogen) atoms. The van der Waals surface area contributed by atoms with Crippen molar-refractivity contribution in [3.63, 3.8) is 0 Å². The van der Waals surface area contributed by atoms with Gasteiger partial charge in [0.25, 0.3) is 17.1 Å². The van der Waals surface area contributed by atoms with Crippen LogP contribution in [0.15, 0.2) is 41.3 Å². The standard InChI is InChI=1S/C24H23IN2O7S/c1-4-33-18-10-15(11-19-23(30)27(24(31)35-19)12-21(29)32-3)9-17(25)22(18)34-13-20(28)26-16-7-5-6-14(2)8-16/h5-11H,4,12-13H2,1-3H3,(H,26,28)/b19-11-. The van der Waals surface area contributed by atoms with E-state index in [1.165, 1.54) is 7.11 Å². The van der Waals surface area contributed by atoms with E-state index in [1.54, 1.807) is 24.3 Å². The quantitative estimate of drug-likeness (QED) is 0.255. The zero-order valence-corrected chi connectivity index (χ0v) is 22.2. The third-order valence-electron chi connectivity index (χ3n) is 4.67. The molecule has 0 aromatic heterocycles.